The largest absolute Gasteiger partial charge is 0.497 e. The summed E-state index contributed by atoms with van der Waals surface area (Å²) in [6.45, 7) is 4.34. The molecular formula is C23H23N7O2. The molecule has 0 N–H and O–H groups in total. The van der Waals surface area contributed by atoms with Gasteiger partial charge in [0.05, 0.1) is 29.6 Å². The molecular weight excluding hydrogens is 406 g/mol. The van der Waals surface area contributed by atoms with Crippen LogP contribution in [0.4, 0.5) is 5.95 Å². The number of tetrazole rings is 1. The second kappa shape index (κ2) is 8.26. The van der Waals surface area contributed by atoms with Crippen LogP contribution >= 0.6 is 0 Å². The number of amides is 1. The SMILES string of the molecule is COc1ccc2cc(C(=O)N3CCN(c4nnnn4-c4ccccc4)CC3)c(C)nc2c1. The van der Waals surface area contributed by atoms with Gasteiger partial charge < -0.3 is 14.5 Å². The van der Waals surface area contributed by atoms with Crippen molar-refractivity contribution < 1.29 is 9.53 Å². The normalized spacial score (nSPS) is 14.1. The first-order valence-corrected chi connectivity index (χ1v) is 10.5. The van der Waals surface area contributed by atoms with Crippen molar-refractivity contribution in [2.75, 3.05) is 38.2 Å². The van der Waals surface area contributed by atoms with E-state index in [-0.39, 0.29) is 5.91 Å². The lowest BCUT2D eigenvalue weighted by Crippen LogP contribution is -2.49. The van der Waals surface area contributed by atoms with Gasteiger partial charge in [-0.25, -0.2) is 0 Å². The highest BCUT2D eigenvalue weighted by Gasteiger charge is 2.26. The number of anilines is 1. The number of nitrogens with zero attached hydrogens (tertiary/aromatic N) is 7. The lowest BCUT2D eigenvalue weighted by molar-refractivity contribution is 0.0745. The van der Waals surface area contributed by atoms with Gasteiger partial charge in [0.1, 0.15) is 5.75 Å². The van der Waals surface area contributed by atoms with Crippen LogP contribution in [0.2, 0.25) is 0 Å². The van der Waals surface area contributed by atoms with Crippen molar-refractivity contribution in [3.05, 3.63) is 65.9 Å². The number of para-hydroxylation sites is 1. The molecule has 162 valence electrons. The van der Waals surface area contributed by atoms with Crippen molar-refractivity contribution in [3.8, 4) is 11.4 Å². The Bertz CT molecular complexity index is 1260. The van der Waals surface area contributed by atoms with Crippen molar-refractivity contribution in [3.63, 3.8) is 0 Å². The van der Waals surface area contributed by atoms with Gasteiger partial charge in [-0.15, -0.1) is 0 Å². The molecule has 2 aromatic carbocycles. The molecule has 1 aliphatic heterocycles. The molecule has 32 heavy (non-hydrogen) atoms. The molecule has 0 unspecified atom stereocenters. The Labute approximate surface area is 185 Å². The first-order chi connectivity index (χ1) is 15.6. The summed E-state index contributed by atoms with van der Waals surface area (Å²) in [5.74, 6) is 1.42. The summed E-state index contributed by atoms with van der Waals surface area (Å²) in [5, 5.41) is 13.1. The summed E-state index contributed by atoms with van der Waals surface area (Å²) in [6.07, 6.45) is 0. The number of aryl methyl sites for hydroxylation is 1. The molecule has 0 radical (unpaired) electrons. The summed E-state index contributed by atoms with van der Waals surface area (Å²) >= 11 is 0. The summed E-state index contributed by atoms with van der Waals surface area (Å²) in [6, 6.07) is 17.4. The summed E-state index contributed by atoms with van der Waals surface area (Å²) in [4.78, 5) is 21.9. The lowest BCUT2D eigenvalue weighted by Gasteiger charge is -2.35. The molecule has 1 amide bonds. The van der Waals surface area contributed by atoms with E-state index >= 15 is 0 Å². The van der Waals surface area contributed by atoms with E-state index in [0.29, 0.717) is 43.4 Å². The van der Waals surface area contributed by atoms with Gasteiger partial charge in [-0.2, -0.15) is 4.68 Å². The molecule has 4 aromatic rings. The lowest BCUT2D eigenvalue weighted by atomic mass is 10.1. The Morgan fingerprint density at radius 1 is 1.00 bits per heavy atom. The van der Waals surface area contributed by atoms with E-state index < -0.39 is 0 Å². The van der Waals surface area contributed by atoms with Crippen molar-refractivity contribution in [1.82, 2.24) is 30.1 Å². The van der Waals surface area contributed by atoms with Crippen LogP contribution in [0.25, 0.3) is 16.6 Å². The molecule has 3 heterocycles. The smallest absolute Gasteiger partial charge is 0.255 e. The number of carbonyl (C=O) groups excluding carboxylic acids is 1. The molecule has 1 fully saturated rings. The molecule has 2 aromatic heterocycles. The van der Waals surface area contributed by atoms with Crippen molar-refractivity contribution in [2.45, 2.75) is 6.92 Å². The number of piperazine rings is 1. The van der Waals surface area contributed by atoms with Crippen LogP contribution in [0.1, 0.15) is 16.1 Å². The van der Waals surface area contributed by atoms with Crippen molar-refractivity contribution >= 4 is 22.8 Å². The van der Waals surface area contributed by atoms with Crippen LogP contribution in [-0.4, -0.2) is 69.3 Å². The van der Waals surface area contributed by atoms with E-state index in [9.17, 15) is 4.79 Å². The fourth-order valence-electron chi connectivity index (χ4n) is 3.98. The van der Waals surface area contributed by atoms with Crippen LogP contribution in [-0.2, 0) is 0 Å². The Balaban J connectivity index is 1.32. The maximum Gasteiger partial charge on any atom is 0.255 e. The van der Waals surface area contributed by atoms with Crippen LogP contribution in [0.15, 0.2) is 54.6 Å². The molecule has 0 bridgehead atoms. The maximum atomic E-state index is 13.3. The molecule has 9 nitrogen and oxygen atoms in total. The fourth-order valence-corrected chi connectivity index (χ4v) is 3.98. The Kier molecular flexibility index (Phi) is 5.14. The van der Waals surface area contributed by atoms with Crippen LogP contribution in [0.5, 0.6) is 5.75 Å². The van der Waals surface area contributed by atoms with E-state index in [1.54, 1.807) is 11.8 Å². The predicted octanol–water partition coefficient (Wildman–Crippen LogP) is 2.49. The monoisotopic (exact) mass is 429 g/mol. The van der Waals surface area contributed by atoms with Crippen molar-refractivity contribution in [1.29, 1.82) is 0 Å². The molecule has 1 saturated heterocycles. The molecule has 5 rings (SSSR count). The van der Waals surface area contributed by atoms with Crippen LogP contribution in [0, 0.1) is 6.92 Å². The highest BCUT2D eigenvalue weighted by Crippen LogP contribution is 2.23. The number of benzene rings is 2. The quantitative estimate of drug-likeness (QED) is 0.492. The molecule has 0 aliphatic carbocycles. The summed E-state index contributed by atoms with van der Waals surface area (Å²) in [7, 11) is 1.63. The van der Waals surface area contributed by atoms with Crippen molar-refractivity contribution in [2.24, 2.45) is 0 Å². The molecule has 0 atom stereocenters. The summed E-state index contributed by atoms with van der Waals surface area (Å²) in [5.41, 5.74) is 3.06. The average molecular weight is 429 g/mol. The Hall–Kier alpha value is -4.01. The molecule has 9 heteroatoms. The second-order valence-corrected chi connectivity index (χ2v) is 7.69. The third-order valence-corrected chi connectivity index (χ3v) is 5.75. The second-order valence-electron chi connectivity index (χ2n) is 7.69. The third-order valence-electron chi connectivity index (χ3n) is 5.75. The number of hydrogen-bond donors (Lipinski definition) is 0. The maximum absolute atomic E-state index is 13.3. The number of pyridine rings is 1. The standard InChI is InChI=1S/C23H23N7O2/c1-16-20(14-17-8-9-19(32-2)15-21(17)24-16)22(31)28-10-12-29(13-11-28)23-25-26-27-30(23)18-6-4-3-5-7-18/h3-9,14-15H,10-13H2,1-2H3. The van der Waals surface area contributed by atoms with E-state index in [1.165, 1.54) is 0 Å². The summed E-state index contributed by atoms with van der Waals surface area (Å²) < 4.78 is 7.00. The van der Waals surface area contributed by atoms with Crippen LogP contribution in [0.3, 0.4) is 0 Å². The topological polar surface area (TPSA) is 89.3 Å². The Morgan fingerprint density at radius 2 is 1.78 bits per heavy atom. The van der Waals surface area contributed by atoms with Gasteiger partial charge in [0.2, 0.25) is 5.95 Å². The number of aromatic nitrogens is 5. The number of rotatable bonds is 4. The van der Waals surface area contributed by atoms with Gasteiger partial charge >= 0.3 is 0 Å². The first kappa shape index (κ1) is 19.9. The number of ether oxygens (including phenoxy) is 1. The zero-order valence-corrected chi connectivity index (χ0v) is 18.0. The zero-order chi connectivity index (χ0) is 22.1. The molecule has 0 spiro atoms. The molecule has 1 aliphatic rings. The number of hydrogen-bond acceptors (Lipinski definition) is 7. The van der Waals surface area contributed by atoms with Gasteiger partial charge in [0, 0.05) is 37.6 Å². The number of carbonyl (C=O) groups is 1. The predicted molar refractivity (Wildman–Crippen MR) is 120 cm³/mol. The minimum absolute atomic E-state index is 0.00461. The fraction of sp³-hybridized carbons (Fsp3) is 0.261. The van der Waals surface area contributed by atoms with E-state index in [2.05, 4.69) is 25.4 Å². The average Bonchev–Trinajstić information content (AvgIpc) is 3.33. The first-order valence-electron chi connectivity index (χ1n) is 10.5. The highest BCUT2D eigenvalue weighted by atomic mass is 16.5. The minimum atomic E-state index is -0.00461. The van der Waals surface area contributed by atoms with Gasteiger partial charge in [0.15, 0.2) is 0 Å². The Morgan fingerprint density at radius 3 is 2.53 bits per heavy atom. The zero-order valence-electron chi connectivity index (χ0n) is 18.0. The van der Waals surface area contributed by atoms with Gasteiger partial charge in [-0.3, -0.25) is 9.78 Å². The number of fused-ring (bicyclic) bond motifs is 1. The van der Waals surface area contributed by atoms with E-state index in [0.717, 1.165) is 22.3 Å². The van der Waals surface area contributed by atoms with E-state index in [1.807, 2.05) is 66.4 Å². The molecule has 0 saturated carbocycles. The van der Waals surface area contributed by atoms with Crippen LogP contribution < -0.4 is 9.64 Å². The minimum Gasteiger partial charge on any atom is -0.497 e. The highest BCUT2D eigenvalue weighted by molar-refractivity contribution is 5.99. The third kappa shape index (κ3) is 3.62. The van der Waals surface area contributed by atoms with E-state index in [4.69, 9.17) is 4.74 Å². The van der Waals surface area contributed by atoms with Gasteiger partial charge in [-0.05, 0) is 47.7 Å². The number of methoxy groups -OCH3 is 1. The van der Waals surface area contributed by atoms with Gasteiger partial charge in [-0.1, -0.05) is 23.3 Å². The van der Waals surface area contributed by atoms with Gasteiger partial charge in [0.25, 0.3) is 5.91 Å².